The lowest BCUT2D eigenvalue weighted by Gasteiger charge is -2.35. The molecule has 168 valence electrons. The van der Waals surface area contributed by atoms with E-state index in [1.807, 2.05) is 54.6 Å². The van der Waals surface area contributed by atoms with Crippen molar-refractivity contribution in [2.45, 2.75) is 26.0 Å². The van der Waals surface area contributed by atoms with Gasteiger partial charge in [-0.05, 0) is 24.1 Å². The van der Waals surface area contributed by atoms with Crippen LogP contribution in [0.25, 0.3) is 0 Å². The first-order valence-electron chi connectivity index (χ1n) is 10.3. The van der Waals surface area contributed by atoms with Crippen molar-refractivity contribution in [3.8, 4) is 5.75 Å². The van der Waals surface area contributed by atoms with Crippen molar-refractivity contribution in [2.24, 2.45) is 5.73 Å². The summed E-state index contributed by atoms with van der Waals surface area (Å²) in [5.74, 6) is 0.619. The number of hydrogen-bond donors (Lipinski definition) is 1. The second-order valence-electron chi connectivity index (χ2n) is 7.20. The summed E-state index contributed by atoms with van der Waals surface area (Å²) in [7, 11) is 0. The number of hydrogen-bond acceptors (Lipinski definition) is 5. The fourth-order valence-corrected chi connectivity index (χ4v) is 3.43. The van der Waals surface area contributed by atoms with Gasteiger partial charge in [-0.15, -0.1) is 12.4 Å². The molecule has 1 heterocycles. The lowest BCUT2D eigenvalue weighted by molar-refractivity contribution is -0.134. The molecule has 3 rings (SSSR count). The molecule has 0 spiro atoms. The van der Waals surface area contributed by atoms with Crippen molar-refractivity contribution in [3.05, 3.63) is 65.7 Å². The molecule has 2 amide bonds. The predicted octanol–water partition coefficient (Wildman–Crippen LogP) is 2.86. The molecule has 0 bridgehead atoms. The number of carbonyl (C=O) groups excluding carboxylic acids is 2. The minimum absolute atomic E-state index is 0. The summed E-state index contributed by atoms with van der Waals surface area (Å²) in [6.07, 6.45) is 0.0559. The van der Waals surface area contributed by atoms with E-state index in [0.29, 0.717) is 45.8 Å². The van der Waals surface area contributed by atoms with Crippen LogP contribution in [0.5, 0.6) is 5.75 Å². The van der Waals surface area contributed by atoms with Crippen LogP contribution in [0.4, 0.5) is 4.79 Å². The summed E-state index contributed by atoms with van der Waals surface area (Å²) in [4.78, 5) is 28.0. The highest BCUT2D eigenvalue weighted by Gasteiger charge is 2.28. The van der Waals surface area contributed by atoms with Crippen molar-refractivity contribution in [1.29, 1.82) is 0 Å². The number of benzene rings is 2. The first-order chi connectivity index (χ1) is 14.6. The molecule has 7 nitrogen and oxygen atoms in total. The Bertz CT molecular complexity index is 842. The van der Waals surface area contributed by atoms with Gasteiger partial charge in [0.15, 0.2) is 0 Å². The summed E-state index contributed by atoms with van der Waals surface area (Å²) in [5.41, 5.74) is 8.22. The molecule has 0 saturated carbocycles. The third kappa shape index (κ3) is 6.87. The molecule has 2 aromatic carbocycles. The van der Waals surface area contributed by atoms with Crippen LogP contribution in [0.1, 0.15) is 18.1 Å². The van der Waals surface area contributed by atoms with Gasteiger partial charge >= 0.3 is 6.09 Å². The number of nitrogens with zero attached hydrogens (tertiary/aromatic N) is 2. The van der Waals surface area contributed by atoms with E-state index in [4.69, 9.17) is 15.2 Å². The second kappa shape index (κ2) is 12.2. The molecule has 2 aromatic rings. The third-order valence-corrected chi connectivity index (χ3v) is 5.08. The van der Waals surface area contributed by atoms with Crippen molar-refractivity contribution < 1.29 is 19.1 Å². The third-order valence-electron chi connectivity index (χ3n) is 5.08. The zero-order valence-corrected chi connectivity index (χ0v) is 18.6. The first kappa shape index (κ1) is 24.5. The zero-order valence-electron chi connectivity index (χ0n) is 17.7. The molecule has 31 heavy (non-hydrogen) atoms. The van der Waals surface area contributed by atoms with Crippen LogP contribution in [0.3, 0.4) is 0 Å². The molecule has 0 radical (unpaired) electrons. The summed E-state index contributed by atoms with van der Waals surface area (Å²) in [6.45, 7) is 4.39. The van der Waals surface area contributed by atoms with Crippen molar-refractivity contribution in [3.63, 3.8) is 0 Å². The molecule has 0 aliphatic carbocycles. The lowest BCUT2D eigenvalue weighted by Crippen LogP contribution is -2.54. The minimum atomic E-state index is -0.666. The molecule has 0 aromatic heterocycles. The smallest absolute Gasteiger partial charge is 0.409 e. The van der Waals surface area contributed by atoms with Gasteiger partial charge < -0.3 is 25.0 Å². The van der Waals surface area contributed by atoms with E-state index < -0.39 is 6.04 Å². The van der Waals surface area contributed by atoms with E-state index in [9.17, 15) is 9.59 Å². The van der Waals surface area contributed by atoms with Crippen LogP contribution >= 0.6 is 12.4 Å². The number of amides is 2. The minimum Gasteiger partial charge on any atom is -0.489 e. The van der Waals surface area contributed by atoms with Gasteiger partial charge in [-0.3, -0.25) is 4.79 Å². The van der Waals surface area contributed by atoms with Crippen LogP contribution in [0.2, 0.25) is 0 Å². The summed E-state index contributed by atoms with van der Waals surface area (Å²) < 4.78 is 11.0. The van der Waals surface area contributed by atoms with E-state index in [-0.39, 0.29) is 24.4 Å². The highest BCUT2D eigenvalue weighted by molar-refractivity contribution is 5.85. The average Bonchev–Trinajstić information content (AvgIpc) is 2.79. The number of halogens is 1. The maximum atomic E-state index is 12.8. The first-order valence-corrected chi connectivity index (χ1v) is 10.3. The number of para-hydroxylation sites is 1. The van der Waals surface area contributed by atoms with Gasteiger partial charge in [0.25, 0.3) is 0 Å². The molecule has 8 heteroatoms. The molecule has 1 atom stereocenters. The van der Waals surface area contributed by atoms with Gasteiger partial charge in [0.1, 0.15) is 12.4 Å². The van der Waals surface area contributed by atoms with Gasteiger partial charge in [-0.2, -0.15) is 0 Å². The predicted molar refractivity (Wildman–Crippen MR) is 121 cm³/mol. The van der Waals surface area contributed by atoms with Gasteiger partial charge in [0.2, 0.25) is 5.91 Å². The Kier molecular flexibility index (Phi) is 9.62. The lowest BCUT2D eigenvalue weighted by atomic mass is 10.0. The summed E-state index contributed by atoms with van der Waals surface area (Å²) >= 11 is 0. The highest BCUT2D eigenvalue weighted by atomic mass is 35.5. The molecule has 1 aliphatic rings. The average molecular weight is 448 g/mol. The van der Waals surface area contributed by atoms with Gasteiger partial charge in [0.05, 0.1) is 12.6 Å². The maximum Gasteiger partial charge on any atom is 0.409 e. The SMILES string of the molecule is CCOC(=O)N1CCN(C(=O)C(N)Cc2ccccc2OCc2ccccc2)CC1.Cl. The summed E-state index contributed by atoms with van der Waals surface area (Å²) in [6, 6.07) is 16.9. The quantitative estimate of drug-likeness (QED) is 0.705. The van der Waals surface area contributed by atoms with Gasteiger partial charge in [-0.25, -0.2) is 4.79 Å². The molecule has 1 fully saturated rings. The Hall–Kier alpha value is -2.77. The van der Waals surface area contributed by atoms with Crippen LogP contribution in [0, 0.1) is 0 Å². The fraction of sp³-hybridized carbons (Fsp3) is 0.391. The number of carbonyl (C=O) groups is 2. The van der Waals surface area contributed by atoms with Crippen LogP contribution < -0.4 is 10.5 Å². The standard InChI is InChI=1S/C23H29N3O4.ClH/c1-2-29-23(28)26-14-12-25(13-15-26)22(27)20(24)16-19-10-6-7-11-21(19)30-17-18-8-4-3-5-9-18;/h3-11,20H,2,12-17,24H2,1H3;1H. The topological polar surface area (TPSA) is 85.1 Å². The molecule has 1 unspecified atom stereocenters. The Labute approximate surface area is 189 Å². The number of piperazine rings is 1. The number of nitrogens with two attached hydrogens (primary N) is 1. The molecular weight excluding hydrogens is 418 g/mol. The Morgan fingerprint density at radius 3 is 2.26 bits per heavy atom. The van der Waals surface area contributed by atoms with Crippen LogP contribution in [0.15, 0.2) is 54.6 Å². The van der Waals surface area contributed by atoms with E-state index in [1.165, 1.54) is 0 Å². The van der Waals surface area contributed by atoms with Crippen molar-refractivity contribution >= 4 is 24.4 Å². The number of ether oxygens (including phenoxy) is 2. The normalized spacial score (nSPS) is 14.4. The highest BCUT2D eigenvalue weighted by Crippen LogP contribution is 2.21. The Balaban J connectivity index is 0.00000341. The number of rotatable bonds is 7. The van der Waals surface area contributed by atoms with Crippen LogP contribution in [-0.4, -0.2) is 60.6 Å². The monoisotopic (exact) mass is 447 g/mol. The van der Waals surface area contributed by atoms with E-state index in [2.05, 4.69) is 0 Å². The van der Waals surface area contributed by atoms with Crippen molar-refractivity contribution in [2.75, 3.05) is 32.8 Å². The van der Waals surface area contributed by atoms with Crippen molar-refractivity contribution in [1.82, 2.24) is 9.80 Å². The van der Waals surface area contributed by atoms with E-state index in [1.54, 1.807) is 16.7 Å². The zero-order chi connectivity index (χ0) is 21.3. The van der Waals surface area contributed by atoms with E-state index >= 15 is 0 Å². The van der Waals surface area contributed by atoms with Gasteiger partial charge in [0, 0.05) is 32.6 Å². The van der Waals surface area contributed by atoms with Crippen LogP contribution in [-0.2, 0) is 22.6 Å². The molecule has 1 aliphatic heterocycles. The van der Waals surface area contributed by atoms with E-state index in [0.717, 1.165) is 16.9 Å². The maximum absolute atomic E-state index is 12.8. The largest absolute Gasteiger partial charge is 0.489 e. The summed E-state index contributed by atoms with van der Waals surface area (Å²) in [5, 5.41) is 0. The Morgan fingerprint density at radius 2 is 1.58 bits per heavy atom. The molecular formula is C23H30ClN3O4. The van der Waals surface area contributed by atoms with Gasteiger partial charge in [-0.1, -0.05) is 48.5 Å². The molecule has 1 saturated heterocycles. The Morgan fingerprint density at radius 1 is 0.968 bits per heavy atom. The fourth-order valence-electron chi connectivity index (χ4n) is 3.43. The molecule has 2 N–H and O–H groups in total. The second-order valence-corrected chi connectivity index (χ2v) is 7.20.